The highest BCUT2D eigenvalue weighted by atomic mass is 16.4. The molecule has 0 aliphatic rings. The zero-order chi connectivity index (χ0) is 18.6. The summed E-state index contributed by atoms with van der Waals surface area (Å²) in [5, 5.41) is 12.0. The molecule has 0 atom stereocenters. The lowest BCUT2D eigenvalue weighted by molar-refractivity contribution is -0.130. The molecule has 4 rings (SSSR count). The van der Waals surface area contributed by atoms with Crippen molar-refractivity contribution in [1.29, 1.82) is 0 Å². The molecule has 2 nitrogen and oxygen atoms in total. The second-order valence-corrected chi connectivity index (χ2v) is 6.35. The molecule has 0 amide bonds. The Bertz CT molecular complexity index is 1130. The SMILES string of the molecule is O=C(O)/C(=C/c1ccccc1)c1c(-c2ccccc2)ccc2ccccc12. The zero-order valence-electron chi connectivity index (χ0n) is 14.7. The molecule has 0 saturated carbocycles. The second kappa shape index (κ2) is 7.30. The maximum absolute atomic E-state index is 12.3. The summed E-state index contributed by atoms with van der Waals surface area (Å²) in [4.78, 5) is 12.3. The van der Waals surface area contributed by atoms with Crippen molar-refractivity contribution in [2.75, 3.05) is 0 Å². The van der Waals surface area contributed by atoms with Crippen molar-refractivity contribution in [2.24, 2.45) is 0 Å². The Hall–Kier alpha value is -3.65. The van der Waals surface area contributed by atoms with E-state index in [4.69, 9.17) is 0 Å². The summed E-state index contributed by atoms with van der Waals surface area (Å²) < 4.78 is 0. The van der Waals surface area contributed by atoms with E-state index in [1.165, 1.54) is 0 Å². The van der Waals surface area contributed by atoms with Crippen molar-refractivity contribution in [3.63, 3.8) is 0 Å². The predicted molar refractivity (Wildman–Crippen MR) is 111 cm³/mol. The largest absolute Gasteiger partial charge is 0.478 e. The number of rotatable bonds is 4. The van der Waals surface area contributed by atoms with Crippen LogP contribution in [-0.4, -0.2) is 11.1 Å². The van der Waals surface area contributed by atoms with Crippen LogP contribution in [0.5, 0.6) is 0 Å². The highest BCUT2D eigenvalue weighted by Gasteiger charge is 2.19. The molecule has 130 valence electrons. The van der Waals surface area contributed by atoms with Crippen molar-refractivity contribution in [3.8, 4) is 11.1 Å². The van der Waals surface area contributed by atoms with Crippen LogP contribution in [0.3, 0.4) is 0 Å². The average molecular weight is 350 g/mol. The number of aliphatic carboxylic acids is 1. The van der Waals surface area contributed by atoms with E-state index in [0.717, 1.165) is 33.0 Å². The predicted octanol–water partition coefficient (Wildman–Crippen LogP) is 6.13. The van der Waals surface area contributed by atoms with Gasteiger partial charge in [0.25, 0.3) is 0 Å². The first kappa shape index (κ1) is 16.8. The lowest BCUT2D eigenvalue weighted by Gasteiger charge is -2.15. The summed E-state index contributed by atoms with van der Waals surface area (Å²) >= 11 is 0. The van der Waals surface area contributed by atoms with E-state index in [2.05, 4.69) is 0 Å². The Morgan fingerprint density at radius 2 is 1.33 bits per heavy atom. The number of fused-ring (bicyclic) bond motifs is 1. The van der Waals surface area contributed by atoms with Crippen LogP contribution < -0.4 is 0 Å². The molecule has 4 aromatic carbocycles. The first-order chi connectivity index (χ1) is 13.2. The highest BCUT2D eigenvalue weighted by molar-refractivity contribution is 6.26. The van der Waals surface area contributed by atoms with E-state index in [9.17, 15) is 9.90 Å². The van der Waals surface area contributed by atoms with Crippen LogP contribution >= 0.6 is 0 Å². The lowest BCUT2D eigenvalue weighted by Crippen LogP contribution is -2.02. The van der Waals surface area contributed by atoms with E-state index in [1.54, 1.807) is 6.08 Å². The third-order valence-electron chi connectivity index (χ3n) is 4.62. The topological polar surface area (TPSA) is 37.3 Å². The van der Waals surface area contributed by atoms with Crippen LogP contribution in [0.2, 0.25) is 0 Å². The van der Waals surface area contributed by atoms with Gasteiger partial charge in [-0.3, -0.25) is 0 Å². The Kier molecular flexibility index (Phi) is 4.54. The fourth-order valence-corrected chi connectivity index (χ4v) is 3.38. The second-order valence-electron chi connectivity index (χ2n) is 6.35. The maximum atomic E-state index is 12.3. The molecular weight excluding hydrogens is 332 g/mol. The molecule has 0 heterocycles. The molecule has 0 radical (unpaired) electrons. The molecule has 0 unspecified atom stereocenters. The summed E-state index contributed by atoms with van der Waals surface area (Å²) in [6.45, 7) is 0. The quantitative estimate of drug-likeness (QED) is 0.355. The average Bonchev–Trinajstić information content (AvgIpc) is 2.72. The van der Waals surface area contributed by atoms with Crippen molar-refractivity contribution >= 4 is 28.4 Å². The summed E-state index contributed by atoms with van der Waals surface area (Å²) in [5.41, 5.74) is 3.81. The fourth-order valence-electron chi connectivity index (χ4n) is 3.38. The third-order valence-corrected chi connectivity index (χ3v) is 4.62. The van der Waals surface area contributed by atoms with Gasteiger partial charge in [-0.1, -0.05) is 97.1 Å². The van der Waals surface area contributed by atoms with Crippen LogP contribution in [-0.2, 0) is 4.79 Å². The van der Waals surface area contributed by atoms with E-state index in [1.807, 2.05) is 97.1 Å². The molecule has 2 heteroatoms. The number of carbonyl (C=O) groups is 1. The molecule has 0 bridgehead atoms. The smallest absolute Gasteiger partial charge is 0.336 e. The van der Waals surface area contributed by atoms with Crippen molar-refractivity contribution in [1.82, 2.24) is 0 Å². The van der Waals surface area contributed by atoms with E-state index in [-0.39, 0.29) is 5.57 Å². The number of carboxylic acids is 1. The van der Waals surface area contributed by atoms with Crippen molar-refractivity contribution in [2.45, 2.75) is 0 Å². The highest BCUT2D eigenvalue weighted by Crippen LogP contribution is 2.36. The summed E-state index contributed by atoms with van der Waals surface area (Å²) in [6, 6.07) is 31.4. The van der Waals surface area contributed by atoms with Gasteiger partial charge in [0.15, 0.2) is 0 Å². The van der Waals surface area contributed by atoms with E-state index >= 15 is 0 Å². The van der Waals surface area contributed by atoms with Gasteiger partial charge in [0.1, 0.15) is 0 Å². The van der Waals surface area contributed by atoms with Gasteiger partial charge < -0.3 is 5.11 Å². The van der Waals surface area contributed by atoms with Gasteiger partial charge >= 0.3 is 5.97 Å². The van der Waals surface area contributed by atoms with Crippen LogP contribution in [0.1, 0.15) is 11.1 Å². The maximum Gasteiger partial charge on any atom is 0.336 e. The number of hydrogen-bond donors (Lipinski definition) is 1. The molecule has 0 aliphatic heterocycles. The van der Waals surface area contributed by atoms with Gasteiger partial charge in [-0.05, 0) is 33.5 Å². The van der Waals surface area contributed by atoms with Crippen LogP contribution in [0, 0.1) is 0 Å². The zero-order valence-corrected chi connectivity index (χ0v) is 14.7. The van der Waals surface area contributed by atoms with Crippen LogP contribution in [0.25, 0.3) is 33.5 Å². The van der Waals surface area contributed by atoms with Gasteiger partial charge in [-0.2, -0.15) is 0 Å². The number of benzene rings is 4. The Labute approximate surface area is 158 Å². The standard InChI is InChI=1S/C25H18O2/c26-25(27)23(17-18-9-3-1-4-10-18)24-21-14-8-7-13-20(21)15-16-22(24)19-11-5-2-6-12-19/h1-17H,(H,26,27)/b23-17+. The molecule has 4 aromatic rings. The first-order valence-corrected chi connectivity index (χ1v) is 8.81. The molecule has 27 heavy (non-hydrogen) atoms. The lowest BCUT2D eigenvalue weighted by atomic mass is 9.89. The Balaban J connectivity index is 2.06. The summed E-state index contributed by atoms with van der Waals surface area (Å²) in [5.74, 6) is -0.938. The van der Waals surface area contributed by atoms with Gasteiger partial charge in [-0.25, -0.2) is 4.79 Å². The molecule has 0 spiro atoms. The molecule has 1 N–H and O–H groups in total. The van der Waals surface area contributed by atoms with Crippen LogP contribution in [0.15, 0.2) is 97.1 Å². The van der Waals surface area contributed by atoms with Gasteiger partial charge in [-0.15, -0.1) is 0 Å². The Morgan fingerprint density at radius 3 is 2.04 bits per heavy atom. The molecular formula is C25H18O2. The molecule has 0 aromatic heterocycles. The van der Waals surface area contributed by atoms with Crippen molar-refractivity contribution in [3.05, 3.63) is 108 Å². The fraction of sp³-hybridized carbons (Fsp3) is 0. The van der Waals surface area contributed by atoms with Gasteiger partial charge in [0.05, 0.1) is 5.57 Å². The van der Waals surface area contributed by atoms with Gasteiger partial charge in [0, 0.05) is 5.56 Å². The minimum atomic E-state index is -0.938. The van der Waals surface area contributed by atoms with Crippen LogP contribution in [0.4, 0.5) is 0 Å². The minimum Gasteiger partial charge on any atom is -0.478 e. The first-order valence-electron chi connectivity index (χ1n) is 8.81. The molecule has 0 fully saturated rings. The number of hydrogen-bond acceptors (Lipinski definition) is 1. The summed E-state index contributed by atoms with van der Waals surface area (Å²) in [7, 11) is 0. The Morgan fingerprint density at radius 1 is 0.704 bits per heavy atom. The number of carboxylic acid groups (broad SMARTS) is 1. The van der Waals surface area contributed by atoms with E-state index in [0.29, 0.717) is 0 Å². The minimum absolute atomic E-state index is 0.289. The van der Waals surface area contributed by atoms with Crippen molar-refractivity contribution < 1.29 is 9.90 Å². The normalized spacial score (nSPS) is 11.5. The summed E-state index contributed by atoms with van der Waals surface area (Å²) in [6.07, 6.45) is 1.75. The molecule has 0 saturated heterocycles. The monoisotopic (exact) mass is 350 g/mol. The van der Waals surface area contributed by atoms with E-state index < -0.39 is 5.97 Å². The van der Waals surface area contributed by atoms with Gasteiger partial charge in [0.2, 0.25) is 0 Å². The third kappa shape index (κ3) is 3.38. The molecule has 0 aliphatic carbocycles.